The Morgan fingerprint density at radius 2 is 1.80 bits per heavy atom. The zero-order valence-corrected chi connectivity index (χ0v) is 20.7. The standard InChI is InChI=1S/C6H4NO.C6H9O.2CH3.3W/c8-5-6-2-1-3-7-4-6;1-2-3-4-5-6-7;;;;;/h1-4H;3-4H,2,5H2,1H3;2*1H3;;;/q4*-1;;2*+2/b;4-3-;;;;;. The molecular weight excluding hydrogens is 766 g/mol. The van der Waals surface area contributed by atoms with E-state index in [9.17, 15) is 9.59 Å². The minimum absolute atomic E-state index is 0. The van der Waals surface area contributed by atoms with Crippen LogP contribution in [0.15, 0.2) is 36.7 Å². The Morgan fingerprint density at radius 3 is 2.10 bits per heavy atom. The molecule has 0 spiro atoms. The van der Waals surface area contributed by atoms with Gasteiger partial charge in [0.05, 0.1) is 6.29 Å². The summed E-state index contributed by atoms with van der Waals surface area (Å²) in [5.41, 5.74) is 0.493. The molecule has 0 aliphatic rings. The van der Waals surface area contributed by atoms with Gasteiger partial charge in [-0.3, -0.25) is 6.29 Å². The van der Waals surface area contributed by atoms with Gasteiger partial charge in [0.2, 0.25) is 0 Å². The molecule has 1 heterocycles. The average molecular weight is 785 g/mol. The number of pyridine rings is 1. The van der Waals surface area contributed by atoms with Crippen molar-refractivity contribution in [2.75, 3.05) is 0 Å². The van der Waals surface area contributed by atoms with Crippen molar-refractivity contribution in [3.8, 4) is 0 Å². The molecule has 0 aliphatic heterocycles. The molecule has 0 atom stereocenters. The molecule has 3 nitrogen and oxygen atoms in total. The largest absolute Gasteiger partial charge is 2.00 e. The number of nitrogens with zero attached hydrogens (tertiary/aromatic N) is 1. The van der Waals surface area contributed by atoms with Crippen molar-refractivity contribution in [3.05, 3.63) is 57.1 Å². The molecule has 1 rings (SSSR count). The summed E-state index contributed by atoms with van der Waals surface area (Å²) in [5, 5.41) is 0. The van der Waals surface area contributed by atoms with Gasteiger partial charge in [0, 0.05) is 21.1 Å². The van der Waals surface area contributed by atoms with E-state index < -0.39 is 0 Å². The Kier molecular flexibility index (Phi) is 58.4. The van der Waals surface area contributed by atoms with Gasteiger partial charge in [-0.05, 0) is 12.6 Å². The summed E-state index contributed by atoms with van der Waals surface area (Å²) in [6.45, 7) is 2.03. The molecule has 0 saturated carbocycles. The van der Waals surface area contributed by atoms with Crippen molar-refractivity contribution in [2.24, 2.45) is 0 Å². The quantitative estimate of drug-likeness (QED) is 0.349. The van der Waals surface area contributed by atoms with E-state index in [4.69, 9.17) is 0 Å². The predicted molar refractivity (Wildman–Crippen MR) is 71.6 cm³/mol. The van der Waals surface area contributed by atoms with Crippen LogP contribution in [0, 0.1) is 14.9 Å². The second-order valence-electron chi connectivity index (χ2n) is 2.57. The van der Waals surface area contributed by atoms with Crippen LogP contribution in [0.5, 0.6) is 0 Å². The van der Waals surface area contributed by atoms with Gasteiger partial charge in [0.15, 0.2) is 0 Å². The summed E-state index contributed by atoms with van der Waals surface area (Å²) in [6.07, 6.45) is 11.8. The van der Waals surface area contributed by atoms with Crippen LogP contribution in [0.3, 0.4) is 0 Å². The maximum atomic E-state index is 9.84. The number of hydrogen-bond donors (Lipinski definition) is 0. The number of allylic oxidation sites excluding steroid dienone is 2. The van der Waals surface area contributed by atoms with Crippen LogP contribution in [0.4, 0.5) is 0 Å². The maximum absolute atomic E-state index is 9.84. The van der Waals surface area contributed by atoms with Crippen molar-refractivity contribution in [1.82, 2.24) is 4.98 Å². The first-order valence-corrected chi connectivity index (χ1v) is 4.63. The van der Waals surface area contributed by atoms with Crippen LogP contribution >= 0.6 is 0 Å². The molecule has 0 aromatic carbocycles. The van der Waals surface area contributed by atoms with E-state index >= 15 is 0 Å². The monoisotopic (exact) mass is 785 g/mol. The minimum Gasteiger partial charge on any atom is -0.541 e. The van der Waals surface area contributed by atoms with E-state index in [0.29, 0.717) is 12.0 Å². The first-order valence-electron chi connectivity index (χ1n) is 4.63. The van der Waals surface area contributed by atoms with Gasteiger partial charge >= 0.3 is 42.1 Å². The van der Waals surface area contributed by atoms with E-state index in [0.717, 1.165) is 6.42 Å². The number of aromatic nitrogens is 1. The predicted octanol–water partition coefficient (Wildman–Crippen LogP) is 2.88. The SMILES string of the molecule is CC/C=C\C[C-]=O.O=[C-]c1cccnc1.[CH3-].[CH3-].[W+2].[W+2].[W]. The second kappa shape index (κ2) is 31.6. The Hall–Kier alpha value is 0.295. The van der Waals surface area contributed by atoms with Crippen molar-refractivity contribution >= 4 is 12.6 Å². The van der Waals surface area contributed by atoms with Gasteiger partial charge in [-0.2, -0.15) is 6.07 Å². The van der Waals surface area contributed by atoms with E-state index in [1.54, 1.807) is 30.9 Å². The van der Waals surface area contributed by atoms with Gasteiger partial charge in [-0.25, -0.2) is 0 Å². The molecule has 0 saturated heterocycles. The van der Waals surface area contributed by atoms with Gasteiger partial charge in [0.1, 0.15) is 0 Å². The summed E-state index contributed by atoms with van der Waals surface area (Å²) >= 11 is 0. The molecular formula is C14H19NO2W3. The normalized spacial score (nSPS) is 6.85. The molecule has 110 valence electrons. The Balaban J connectivity index is -0.0000000395. The van der Waals surface area contributed by atoms with Crippen LogP contribution in [0.25, 0.3) is 0 Å². The third-order valence-electron chi connectivity index (χ3n) is 1.38. The van der Waals surface area contributed by atoms with E-state index in [-0.39, 0.29) is 78.0 Å². The number of carbonyl (C=O) groups excluding carboxylic acids is 2. The van der Waals surface area contributed by atoms with Gasteiger partial charge in [0.25, 0.3) is 0 Å². The van der Waals surface area contributed by atoms with Crippen LogP contribution in [-0.4, -0.2) is 17.6 Å². The van der Waals surface area contributed by atoms with Crippen LogP contribution < -0.4 is 0 Å². The van der Waals surface area contributed by atoms with E-state index in [1.807, 2.05) is 19.1 Å². The van der Waals surface area contributed by atoms with Crippen molar-refractivity contribution in [3.63, 3.8) is 0 Å². The molecule has 0 N–H and O–H groups in total. The summed E-state index contributed by atoms with van der Waals surface area (Å²) in [5.74, 6) is 0. The van der Waals surface area contributed by atoms with Gasteiger partial charge in [-0.15, -0.1) is 24.1 Å². The van der Waals surface area contributed by atoms with Crippen LogP contribution in [-0.2, 0) is 72.8 Å². The minimum atomic E-state index is 0. The second-order valence-corrected chi connectivity index (χ2v) is 2.57. The van der Waals surface area contributed by atoms with Crippen LogP contribution in [0.1, 0.15) is 25.3 Å². The molecule has 20 heavy (non-hydrogen) atoms. The molecule has 0 fully saturated rings. The molecule has 0 aliphatic carbocycles. The van der Waals surface area contributed by atoms with Crippen LogP contribution in [0.2, 0.25) is 0 Å². The van der Waals surface area contributed by atoms with Crippen molar-refractivity contribution in [1.29, 1.82) is 0 Å². The zero-order valence-electron chi connectivity index (χ0n) is 11.9. The molecule has 6 heteroatoms. The van der Waals surface area contributed by atoms with Crippen molar-refractivity contribution < 1.29 is 72.8 Å². The first-order chi connectivity index (χ1) is 7.35. The fourth-order valence-corrected chi connectivity index (χ4v) is 0.721. The molecule has 0 bridgehead atoms. The fraction of sp³-hybridized carbons (Fsp3) is 0.214. The summed E-state index contributed by atoms with van der Waals surface area (Å²) in [4.78, 5) is 23.0. The molecule has 0 unspecified atom stereocenters. The molecule has 0 amide bonds. The number of rotatable bonds is 4. The Bertz CT molecular complexity index is 307. The summed E-state index contributed by atoms with van der Waals surface area (Å²) in [6, 6.07) is 3.35. The smallest absolute Gasteiger partial charge is 0.541 e. The zero-order chi connectivity index (χ0) is 11.4. The van der Waals surface area contributed by atoms with E-state index in [2.05, 4.69) is 4.98 Å². The molecule has 1 aromatic rings. The third kappa shape index (κ3) is 26.8. The first kappa shape index (κ1) is 37.0. The Labute approximate surface area is 166 Å². The summed E-state index contributed by atoms with van der Waals surface area (Å²) < 4.78 is 0. The average Bonchev–Trinajstić information content (AvgIpc) is 2.32. The topological polar surface area (TPSA) is 47.0 Å². The maximum Gasteiger partial charge on any atom is 2.00 e. The van der Waals surface area contributed by atoms with Crippen molar-refractivity contribution in [2.45, 2.75) is 19.8 Å². The summed E-state index contributed by atoms with van der Waals surface area (Å²) in [7, 11) is 0. The molecule has 1 aromatic heterocycles. The fourth-order valence-electron chi connectivity index (χ4n) is 0.721. The number of hydrogen-bond acceptors (Lipinski definition) is 3. The molecule has 0 radical (unpaired) electrons. The van der Waals surface area contributed by atoms with Gasteiger partial charge < -0.3 is 29.4 Å². The Morgan fingerprint density at radius 1 is 1.20 bits per heavy atom. The third-order valence-corrected chi connectivity index (χ3v) is 1.38. The van der Waals surface area contributed by atoms with E-state index in [1.165, 1.54) is 6.20 Å². The van der Waals surface area contributed by atoms with Gasteiger partial charge in [-0.1, -0.05) is 19.2 Å².